The molecule has 98 valence electrons. The number of para-hydroxylation sites is 1. The third-order valence-electron chi connectivity index (χ3n) is 4.44. The summed E-state index contributed by atoms with van der Waals surface area (Å²) in [4.78, 5) is 3.35. The number of H-pyrrole nitrogens is 1. The van der Waals surface area contributed by atoms with E-state index in [2.05, 4.69) is 56.2 Å². The summed E-state index contributed by atoms with van der Waals surface area (Å²) >= 11 is 0. The van der Waals surface area contributed by atoms with Gasteiger partial charge in [-0.15, -0.1) is 0 Å². The standard InChI is InChI=1S/C16H24N2/c1-4-16(2,3)13(10-17)9-12-11-18-15-8-6-5-7-14(12)15/h5-8,11,13,18H,4,9-10,17H2,1-3H3/t13-/m1/s1. The van der Waals surface area contributed by atoms with Crippen LogP contribution in [0.2, 0.25) is 0 Å². The average Bonchev–Trinajstić information content (AvgIpc) is 2.79. The van der Waals surface area contributed by atoms with Gasteiger partial charge in [0.15, 0.2) is 0 Å². The summed E-state index contributed by atoms with van der Waals surface area (Å²) < 4.78 is 0. The van der Waals surface area contributed by atoms with E-state index in [1.807, 2.05) is 0 Å². The molecule has 0 spiro atoms. The summed E-state index contributed by atoms with van der Waals surface area (Å²) in [5.74, 6) is 0.529. The molecular formula is C16H24N2. The Kier molecular flexibility index (Phi) is 3.76. The minimum atomic E-state index is 0.299. The normalized spacial score (nSPS) is 14.0. The molecule has 3 N–H and O–H groups in total. The van der Waals surface area contributed by atoms with E-state index in [9.17, 15) is 0 Å². The Hall–Kier alpha value is -1.28. The van der Waals surface area contributed by atoms with Crippen LogP contribution in [0.4, 0.5) is 0 Å². The van der Waals surface area contributed by atoms with Crippen molar-refractivity contribution in [3.63, 3.8) is 0 Å². The summed E-state index contributed by atoms with van der Waals surface area (Å²) in [5, 5.41) is 1.34. The van der Waals surface area contributed by atoms with Crippen LogP contribution in [0.25, 0.3) is 10.9 Å². The van der Waals surface area contributed by atoms with Gasteiger partial charge in [-0.3, -0.25) is 0 Å². The maximum Gasteiger partial charge on any atom is 0.0456 e. The van der Waals surface area contributed by atoms with E-state index in [1.54, 1.807) is 0 Å². The van der Waals surface area contributed by atoms with E-state index >= 15 is 0 Å². The molecule has 0 fully saturated rings. The van der Waals surface area contributed by atoms with Crippen molar-refractivity contribution in [2.24, 2.45) is 17.1 Å². The SMILES string of the molecule is CCC(C)(C)[C@@H](CN)Cc1c[nH]c2ccccc12. The Bertz CT molecular complexity index is 511. The smallest absolute Gasteiger partial charge is 0.0456 e. The van der Waals surface area contributed by atoms with Gasteiger partial charge >= 0.3 is 0 Å². The van der Waals surface area contributed by atoms with Gasteiger partial charge in [-0.1, -0.05) is 45.4 Å². The van der Waals surface area contributed by atoms with Gasteiger partial charge in [0.1, 0.15) is 0 Å². The molecule has 0 unspecified atom stereocenters. The lowest BCUT2D eigenvalue weighted by Gasteiger charge is -2.32. The Morgan fingerprint density at radius 1 is 1.28 bits per heavy atom. The Morgan fingerprint density at radius 3 is 2.67 bits per heavy atom. The maximum atomic E-state index is 5.98. The van der Waals surface area contributed by atoms with E-state index in [1.165, 1.54) is 16.5 Å². The van der Waals surface area contributed by atoms with Crippen LogP contribution in [0.5, 0.6) is 0 Å². The van der Waals surface area contributed by atoms with Crippen LogP contribution < -0.4 is 5.73 Å². The van der Waals surface area contributed by atoms with Crippen molar-refractivity contribution in [3.05, 3.63) is 36.0 Å². The monoisotopic (exact) mass is 244 g/mol. The molecule has 0 saturated carbocycles. The van der Waals surface area contributed by atoms with Gasteiger partial charge in [-0.25, -0.2) is 0 Å². The second-order valence-electron chi connectivity index (χ2n) is 5.84. The van der Waals surface area contributed by atoms with Crippen LogP contribution in [0.3, 0.4) is 0 Å². The highest BCUT2D eigenvalue weighted by Gasteiger charge is 2.27. The van der Waals surface area contributed by atoms with E-state index in [-0.39, 0.29) is 0 Å². The van der Waals surface area contributed by atoms with Crippen LogP contribution in [0, 0.1) is 11.3 Å². The van der Waals surface area contributed by atoms with Crippen LogP contribution >= 0.6 is 0 Å². The van der Waals surface area contributed by atoms with Crippen LogP contribution in [-0.4, -0.2) is 11.5 Å². The molecule has 1 aromatic carbocycles. The average molecular weight is 244 g/mol. The fraction of sp³-hybridized carbons (Fsp3) is 0.500. The Morgan fingerprint density at radius 2 is 2.00 bits per heavy atom. The first-order valence-electron chi connectivity index (χ1n) is 6.83. The third-order valence-corrected chi connectivity index (χ3v) is 4.44. The van der Waals surface area contributed by atoms with Crippen LogP contribution in [0.1, 0.15) is 32.8 Å². The number of fused-ring (bicyclic) bond motifs is 1. The van der Waals surface area contributed by atoms with Crippen molar-refractivity contribution in [2.75, 3.05) is 6.54 Å². The van der Waals surface area contributed by atoms with Crippen LogP contribution in [0.15, 0.2) is 30.5 Å². The van der Waals surface area contributed by atoms with Gasteiger partial charge in [0.05, 0.1) is 0 Å². The molecule has 0 aliphatic rings. The first kappa shape index (κ1) is 13.2. The molecule has 1 atom stereocenters. The highest BCUT2D eigenvalue weighted by atomic mass is 14.7. The molecule has 0 amide bonds. The molecule has 1 heterocycles. The number of nitrogens with two attached hydrogens (primary N) is 1. The van der Waals surface area contributed by atoms with Crippen molar-refractivity contribution < 1.29 is 0 Å². The summed E-state index contributed by atoms with van der Waals surface area (Å²) in [6, 6.07) is 8.48. The van der Waals surface area contributed by atoms with Gasteiger partial charge in [0.2, 0.25) is 0 Å². The minimum absolute atomic E-state index is 0.299. The summed E-state index contributed by atoms with van der Waals surface area (Å²) in [6.45, 7) is 7.64. The molecule has 2 heteroatoms. The van der Waals surface area contributed by atoms with Gasteiger partial charge in [-0.05, 0) is 35.9 Å². The number of aromatic amines is 1. The molecule has 2 aromatic rings. The molecular weight excluding hydrogens is 220 g/mol. The first-order valence-corrected chi connectivity index (χ1v) is 6.83. The lowest BCUT2D eigenvalue weighted by atomic mass is 9.74. The molecule has 0 radical (unpaired) electrons. The molecule has 0 saturated heterocycles. The second-order valence-corrected chi connectivity index (χ2v) is 5.84. The molecule has 0 aliphatic heterocycles. The zero-order chi connectivity index (χ0) is 13.2. The predicted octanol–water partition coefficient (Wildman–Crippen LogP) is 3.72. The number of rotatable bonds is 5. The van der Waals surface area contributed by atoms with Crippen LogP contribution in [-0.2, 0) is 6.42 Å². The molecule has 0 bridgehead atoms. The summed E-state index contributed by atoms with van der Waals surface area (Å²) in [5.41, 5.74) is 8.89. The second kappa shape index (κ2) is 5.15. The summed E-state index contributed by atoms with van der Waals surface area (Å²) in [6.07, 6.45) is 4.36. The molecule has 18 heavy (non-hydrogen) atoms. The van der Waals surface area contributed by atoms with Gasteiger partial charge in [0.25, 0.3) is 0 Å². The van der Waals surface area contributed by atoms with Crippen molar-refractivity contribution in [1.82, 2.24) is 4.98 Å². The topological polar surface area (TPSA) is 41.8 Å². The fourth-order valence-corrected chi connectivity index (χ4v) is 2.53. The molecule has 1 aromatic heterocycles. The Labute approximate surface area is 110 Å². The number of hydrogen-bond donors (Lipinski definition) is 2. The van der Waals surface area contributed by atoms with Crippen molar-refractivity contribution in [2.45, 2.75) is 33.6 Å². The summed E-state index contributed by atoms with van der Waals surface area (Å²) in [7, 11) is 0. The fourth-order valence-electron chi connectivity index (χ4n) is 2.53. The minimum Gasteiger partial charge on any atom is -0.361 e. The zero-order valence-electron chi connectivity index (χ0n) is 11.7. The van der Waals surface area contributed by atoms with E-state index in [0.717, 1.165) is 19.4 Å². The third kappa shape index (κ3) is 2.44. The molecule has 0 aliphatic carbocycles. The van der Waals surface area contributed by atoms with Crippen molar-refractivity contribution in [1.29, 1.82) is 0 Å². The highest BCUT2D eigenvalue weighted by molar-refractivity contribution is 5.83. The molecule has 2 nitrogen and oxygen atoms in total. The number of aromatic nitrogens is 1. The number of hydrogen-bond acceptors (Lipinski definition) is 1. The lowest BCUT2D eigenvalue weighted by Crippen LogP contribution is -2.31. The highest BCUT2D eigenvalue weighted by Crippen LogP contribution is 2.33. The zero-order valence-corrected chi connectivity index (χ0v) is 11.7. The van der Waals surface area contributed by atoms with Crippen molar-refractivity contribution in [3.8, 4) is 0 Å². The largest absolute Gasteiger partial charge is 0.361 e. The van der Waals surface area contributed by atoms with Crippen molar-refractivity contribution >= 4 is 10.9 Å². The predicted molar refractivity (Wildman–Crippen MR) is 78.6 cm³/mol. The Balaban J connectivity index is 2.27. The van der Waals surface area contributed by atoms with E-state index in [4.69, 9.17) is 5.73 Å². The van der Waals surface area contributed by atoms with E-state index < -0.39 is 0 Å². The maximum absolute atomic E-state index is 5.98. The quantitative estimate of drug-likeness (QED) is 0.827. The van der Waals surface area contributed by atoms with E-state index in [0.29, 0.717) is 11.3 Å². The number of nitrogens with one attached hydrogen (secondary N) is 1. The van der Waals surface area contributed by atoms with Gasteiger partial charge < -0.3 is 10.7 Å². The molecule has 2 rings (SSSR count). The van der Waals surface area contributed by atoms with Gasteiger partial charge in [-0.2, -0.15) is 0 Å². The lowest BCUT2D eigenvalue weighted by molar-refractivity contribution is 0.208. The number of benzene rings is 1. The van der Waals surface area contributed by atoms with Gasteiger partial charge in [0, 0.05) is 17.1 Å². The first-order chi connectivity index (χ1) is 8.58.